The van der Waals surface area contributed by atoms with Gasteiger partial charge < -0.3 is 10.2 Å². The molecule has 10 heteroatoms. The van der Waals surface area contributed by atoms with Crippen LogP contribution in [0.15, 0.2) is 36.0 Å². The molecule has 2 aromatic rings. The topological polar surface area (TPSA) is 119 Å². The van der Waals surface area contributed by atoms with Crippen LogP contribution in [0.25, 0.3) is 11.8 Å². The number of ketones is 1. The highest BCUT2D eigenvalue weighted by Gasteiger charge is 2.68. The van der Waals surface area contributed by atoms with Gasteiger partial charge in [-0.05, 0) is 97.6 Å². The van der Waals surface area contributed by atoms with Gasteiger partial charge in [-0.25, -0.2) is 9.07 Å². The number of carbonyl (C=O) groups excluding carboxylic acids is 1. The molecule has 39 heavy (non-hydrogen) atoms. The van der Waals surface area contributed by atoms with E-state index in [1.54, 1.807) is 12.1 Å². The van der Waals surface area contributed by atoms with Gasteiger partial charge in [0.1, 0.15) is 18.0 Å². The Labute approximate surface area is 228 Å². The quantitative estimate of drug-likeness (QED) is 0.540. The monoisotopic (exact) mass is 558 g/mol. The molecule has 0 radical (unpaired) electrons. The molecule has 3 fully saturated rings. The van der Waals surface area contributed by atoms with Crippen molar-refractivity contribution in [1.82, 2.24) is 9.78 Å². The zero-order valence-corrected chi connectivity index (χ0v) is 23.2. The molecule has 7 atom stereocenters. The fourth-order valence-electron chi connectivity index (χ4n) is 8.72. The molecule has 8 nitrogen and oxygen atoms in total. The largest absolute Gasteiger partial charge is 0.393 e. The third-order valence-electron chi connectivity index (χ3n) is 10.5. The van der Waals surface area contributed by atoms with Crippen LogP contribution in [0.3, 0.4) is 0 Å². The molecule has 1 aromatic carbocycles. The van der Waals surface area contributed by atoms with E-state index >= 15 is 0 Å². The Balaban J connectivity index is 1.31. The first-order valence-electron chi connectivity index (χ1n) is 13.6. The minimum Gasteiger partial charge on any atom is -0.393 e. The maximum absolute atomic E-state index is 13.5. The molecule has 6 rings (SSSR count). The molecule has 4 aliphatic carbocycles. The standard InChI is InChI=1S/C29H35FN2O6S/c1-27-13-17-15-31-32(20-7-5-19(30)6-8-20)23(17)12-18(27)4-9-21-22-10-11-29(35,25(34)16-38-39(3,36)37)28(22,2)14-24(33)26(21)27/h5-8,12,15,21-22,24,26,33,35H,4,9-11,13-14,16H2,1-3H3/t21-,22-,24-,26+,27-,28-,29-/m0/s1. The molecule has 0 bridgehead atoms. The number of aliphatic hydroxyl groups excluding tert-OH is 1. The summed E-state index contributed by atoms with van der Waals surface area (Å²) in [5, 5.41) is 28.0. The summed E-state index contributed by atoms with van der Waals surface area (Å²) in [6.07, 6.45) is 7.66. The average molecular weight is 559 g/mol. The van der Waals surface area contributed by atoms with Crippen LogP contribution in [0.4, 0.5) is 4.39 Å². The maximum atomic E-state index is 13.5. The Morgan fingerprint density at radius 3 is 2.64 bits per heavy atom. The van der Waals surface area contributed by atoms with Gasteiger partial charge in [0.2, 0.25) is 0 Å². The SMILES string of the molecule is C[C@]12Cc3cnn(-c4ccc(F)cc4)c3C=C1CC[C@@H]1[C@@H]2[C@@H](O)C[C@@]2(C)[C@H]1CC[C@]2(O)C(=O)COS(C)(=O)=O. The van der Waals surface area contributed by atoms with Gasteiger partial charge in [0.25, 0.3) is 10.1 Å². The minimum absolute atomic E-state index is 0.0137. The van der Waals surface area contributed by atoms with Gasteiger partial charge in [-0.15, -0.1) is 0 Å². The summed E-state index contributed by atoms with van der Waals surface area (Å²) in [5.41, 5.74) is 1.16. The second-order valence-corrected chi connectivity index (χ2v) is 14.2. The third-order valence-corrected chi connectivity index (χ3v) is 11.1. The number of allylic oxidation sites excluding steroid dienone is 1. The summed E-state index contributed by atoms with van der Waals surface area (Å²) in [4.78, 5) is 13.1. The molecule has 0 aliphatic heterocycles. The van der Waals surface area contributed by atoms with Gasteiger partial charge in [0.15, 0.2) is 5.78 Å². The van der Waals surface area contributed by atoms with Crippen LogP contribution >= 0.6 is 0 Å². The van der Waals surface area contributed by atoms with Crippen LogP contribution in [-0.4, -0.2) is 58.8 Å². The van der Waals surface area contributed by atoms with Crippen molar-refractivity contribution in [2.75, 3.05) is 12.9 Å². The van der Waals surface area contributed by atoms with Crippen molar-refractivity contribution in [3.63, 3.8) is 0 Å². The maximum Gasteiger partial charge on any atom is 0.264 e. The summed E-state index contributed by atoms with van der Waals surface area (Å²) < 4.78 is 43.1. The summed E-state index contributed by atoms with van der Waals surface area (Å²) in [6, 6.07) is 6.26. The number of Topliss-reactive ketones (excluding diaryl/α,β-unsaturated/α-hetero) is 1. The number of nitrogens with zero attached hydrogens (tertiary/aromatic N) is 2. The minimum atomic E-state index is -3.83. The molecule has 3 saturated carbocycles. The smallest absolute Gasteiger partial charge is 0.264 e. The lowest BCUT2D eigenvalue weighted by molar-refractivity contribution is -0.180. The molecule has 1 heterocycles. The van der Waals surface area contributed by atoms with Gasteiger partial charge in [-0.1, -0.05) is 19.4 Å². The molecule has 210 valence electrons. The van der Waals surface area contributed by atoms with Crippen LogP contribution in [0.2, 0.25) is 0 Å². The van der Waals surface area contributed by atoms with Gasteiger partial charge in [0.05, 0.1) is 29.9 Å². The van der Waals surface area contributed by atoms with Crippen LogP contribution in [-0.2, 0) is 25.5 Å². The molecule has 0 amide bonds. The van der Waals surface area contributed by atoms with Crippen molar-refractivity contribution in [1.29, 1.82) is 0 Å². The van der Waals surface area contributed by atoms with Gasteiger partial charge >= 0.3 is 0 Å². The second-order valence-electron chi connectivity index (χ2n) is 12.5. The molecule has 0 saturated heterocycles. The lowest BCUT2D eigenvalue weighted by Gasteiger charge is -2.60. The summed E-state index contributed by atoms with van der Waals surface area (Å²) >= 11 is 0. The Bertz CT molecular complexity index is 1470. The van der Waals surface area contributed by atoms with E-state index in [1.165, 1.54) is 17.7 Å². The third kappa shape index (κ3) is 3.97. The predicted molar refractivity (Wildman–Crippen MR) is 142 cm³/mol. The number of halogens is 1. The van der Waals surface area contributed by atoms with E-state index in [2.05, 4.69) is 18.1 Å². The van der Waals surface area contributed by atoms with Gasteiger partial charge in [-0.2, -0.15) is 13.5 Å². The zero-order valence-electron chi connectivity index (χ0n) is 22.4. The van der Waals surface area contributed by atoms with E-state index in [4.69, 9.17) is 4.18 Å². The van der Waals surface area contributed by atoms with Crippen molar-refractivity contribution in [3.8, 4) is 5.69 Å². The van der Waals surface area contributed by atoms with E-state index in [9.17, 15) is 27.8 Å². The van der Waals surface area contributed by atoms with Crippen molar-refractivity contribution in [2.24, 2.45) is 28.6 Å². The highest BCUT2D eigenvalue weighted by atomic mass is 32.2. The lowest BCUT2D eigenvalue weighted by Crippen LogP contribution is -2.62. The number of aliphatic hydroxyl groups is 2. The summed E-state index contributed by atoms with van der Waals surface area (Å²) in [6.45, 7) is 3.39. The molecule has 0 unspecified atom stereocenters. The van der Waals surface area contributed by atoms with Crippen molar-refractivity contribution in [3.05, 3.63) is 53.1 Å². The number of hydrogen-bond acceptors (Lipinski definition) is 7. The first-order valence-corrected chi connectivity index (χ1v) is 15.4. The number of fused-ring (bicyclic) bond motifs is 6. The van der Waals surface area contributed by atoms with Crippen LogP contribution in [0.1, 0.15) is 57.2 Å². The number of rotatable bonds is 5. The average Bonchev–Trinajstić information content (AvgIpc) is 3.38. The number of carbonyl (C=O) groups is 1. The summed E-state index contributed by atoms with van der Waals surface area (Å²) in [5.74, 6) is -0.873. The van der Waals surface area contributed by atoms with E-state index in [0.29, 0.717) is 12.8 Å². The molecule has 2 N–H and O–H groups in total. The van der Waals surface area contributed by atoms with Crippen molar-refractivity contribution < 1.29 is 32.0 Å². The van der Waals surface area contributed by atoms with Crippen LogP contribution < -0.4 is 0 Å². The van der Waals surface area contributed by atoms with E-state index < -0.39 is 39.6 Å². The fraction of sp³-hybridized carbons (Fsp3) is 0.586. The Morgan fingerprint density at radius 2 is 1.95 bits per heavy atom. The van der Waals surface area contributed by atoms with Crippen LogP contribution in [0.5, 0.6) is 0 Å². The van der Waals surface area contributed by atoms with Crippen molar-refractivity contribution in [2.45, 2.75) is 64.1 Å². The zero-order chi connectivity index (χ0) is 28.0. The Hall–Kier alpha value is -2.40. The highest BCUT2D eigenvalue weighted by molar-refractivity contribution is 7.86. The van der Waals surface area contributed by atoms with Crippen molar-refractivity contribution >= 4 is 22.0 Å². The van der Waals surface area contributed by atoms with E-state index in [-0.39, 0.29) is 41.8 Å². The predicted octanol–water partition coefficient (Wildman–Crippen LogP) is 3.44. The molecular formula is C29H35FN2O6S. The first-order chi connectivity index (χ1) is 18.3. The molecular weight excluding hydrogens is 523 g/mol. The molecule has 1 aromatic heterocycles. The van der Waals surface area contributed by atoms with E-state index in [0.717, 1.165) is 36.0 Å². The Kier molecular flexibility index (Phi) is 6.05. The summed E-state index contributed by atoms with van der Waals surface area (Å²) in [7, 11) is -3.83. The number of hydrogen-bond donors (Lipinski definition) is 2. The van der Waals surface area contributed by atoms with E-state index in [1.807, 2.05) is 17.8 Å². The first kappa shape index (κ1) is 26.8. The van der Waals surface area contributed by atoms with Gasteiger partial charge in [-0.3, -0.25) is 8.98 Å². The highest BCUT2D eigenvalue weighted by Crippen LogP contribution is 2.67. The number of aromatic nitrogens is 2. The lowest BCUT2D eigenvalue weighted by atomic mass is 9.45. The fourth-order valence-corrected chi connectivity index (χ4v) is 9.04. The molecule has 4 aliphatic rings. The van der Waals surface area contributed by atoms with Crippen LogP contribution in [0, 0.1) is 34.4 Å². The normalized spacial score (nSPS) is 37.3. The second kappa shape index (κ2) is 8.80. The Morgan fingerprint density at radius 1 is 1.23 bits per heavy atom. The number of benzene rings is 1. The molecule has 0 spiro atoms. The van der Waals surface area contributed by atoms with Gasteiger partial charge in [0, 0.05) is 5.41 Å².